The van der Waals surface area contributed by atoms with Crippen molar-refractivity contribution < 1.29 is 44.4 Å². The lowest BCUT2D eigenvalue weighted by Crippen LogP contribution is -2.27. The molecule has 186 valence electrons. The van der Waals surface area contributed by atoms with Crippen molar-refractivity contribution in [3.8, 4) is 11.5 Å². The van der Waals surface area contributed by atoms with Crippen LogP contribution in [0.4, 0.5) is 11.4 Å². The highest BCUT2D eigenvalue weighted by atomic mass is 16.6. The van der Waals surface area contributed by atoms with Crippen LogP contribution in [0.1, 0.15) is 48.4 Å². The average Bonchev–Trinajstić information content (AvgIpc) is 2.70. The summed E-state index contributed by atoms with van der Waals surface area (Å²) in [4.78, 5) is 31.5. The Morgan fingerprint density at radius 2 is 1.29 bits per heavy atom. The van der Waals surface area contributed by atoms with Gasteiger partial charge < -0.3 is 35.6 Å². The van der Waals surface area contributed by atoms with E-state index in [1.807, 2.05) is 0 Å². The van der Waals surface area contributed by atoms with E-state index < -0.39 is 39.3 Å². The fourth-order valence-electron chi connectivity index (χ4n) is 2.27. The van der Waals surface area contributed by atoms with E-state index in [-0.39, 0.29) is 30.2 Å². The molecule has 0 spiro atoms. The number of ether oxygens (including phenoxy) is 2. The summed E-state index contributed by atoms with van der Waals surface area (Å²) in [6.45, 7) is 6.28. The Morgan fingerprint density at radius 3 is 1.68 bits per heavy atom. The van der Waals surface area contributed by atoms with Gasteiger partial charge in [0, 0.05) is 17.8 Å². The molecule has 0 atom stereocenters. The summed E-state index contributed by atoms with van der Waals surface area (Å²) in [5.74, 6) is -1.99. The predicted octanol–water partition coefficient (Wildman–Crippen LogP) is 2.56. The standard InChI is InChI=1S/C11H13NO6.C11H15NO4/c1-11(2,15)6-18-7-3-4-9(12(16)17)8(5-7)10(13)14;1-11(2,15)6-16-7-3-4-9(12)8(5-7)10(13)14/h3-5,15H,6H2,1-2H3,(H,13,14);3-5,15H,6,12H2,1-2H3,(H,13,14). The molecule has 0 saturated carbocycles. The van der Waals surface area contributed by atoms with Crippen LogP contribution in [0.5, 0.6) is 11.5 Å². The second-order valence-corrected chi connectivity index (χ2v) is 8.50. The second kappa shape index (κ2) is 11.3. The van der Waals surface area contributed by atoms with Crippen molar-refractivity contribution in [2.45, 2.75) is 38.9 Å². The number of nitro groups is 1. The molecule has 6 N–H and O–H groups in total. The number of hydrogen-bond acceptors (Lipinski definition) is 9. The Hall–Kier alpha value is -3.90. The van der Waals surface area contributed by atoms with E-state index >= 15 is 0 Å². The first-order chi connectivity index (χ1) is 15.5. The zero-order valence-electron chi connectivity index (χ0n) is 19.1. The lowest BCUT2D eigenvalue weighted by atomic mass is 10.1. The number of carboxylic acid groups (broad SMARTS) is 2. The van der Waals surface area contributed by atoms with Gasteiger partial charge in [-0.05, 0) is 52.0 Å². The number of carbonyl (C=O) groups is 2. The van der Waals surface area contributed by atoms with E-state index in [1.54, 1.807) is 19.9 Å². The summed E-state index contributed by atoms with van der Waals surface area (Å²) >= 11 is 0. The number of nitrogens with zero attached hydrogens (tertiary/aromatic N) is 1. The van der Waals surface area contributed by atoms with Gasteiger partial charge >= 0.3 is 11.9 Å². The minimum Gasteiger partial charge on any atom is -0.491 e. The summed E-state index contributed by atoms with van der Waals surface area (Å²) in [7, 11) is 0. The molecule has 0 aliphatic rings. The topological polar surface area (TPSA) is 203 Å². The summed E-state index contributed by atoms with van der Waals surface area (Å²) in [6.07, 6.45) is 0. The normalized spacial score (nSPS) is 11.1. The number of rotatable bonds is 9. The van der Waals surface area contributed by atoms with Crippen LogP contribution in [-0.4, -0.2) is 61.7 Å². The van der Waals surface area contributed by atoms with Gasteiger partial charge in [0.15, 0.2) is 0 Å². The van der Waals surface area contributed by atoms with Gasteiger partial charge in [0.25, 0.3) is 5.69 Å². The van der Waals surface area contributed by atoms with E-state index in [0.717, 1.165) is 12.1 Å². The van der Waals surface area contributed by atoms with Gasteiger partial charge in [0.05, 0.1) is 21.7 Å². The maximum Gasteiger partial charge on any atom is 0.342 e. The zero-order chi connectivity index (χ0) is 26.3. The average molecular weight is 480 g/mol. The molecule has 0 fully saturated rings. The minimum atomic E-state index is -1.41. The third kappa shape index (κ3) is 9.71. The molecule has 2 aromatic rings. The van der Waals surface area contributed by atoms with Crippen LogP contribution < -0.4 is 15.2 Å². The van der Waals surface area contributed by atoms with Gasteiger partial charge in [-0.1, -0.05) is 0 Å². The number of nitrogen functional groups attached to an aromatic ring is 1. The van der Waals surface area contributed by atoms with Crippen molar-refractivity contribution in [1.82, 2.24) is 0 Å². The molecule has 0 aromatic heterocycles. The summed E-state index contributed by atoms with van der Waals surface area (Å²) in [5.41, 5.74) is 2.67. The third-order valence-electron chi connectivity index (χ3n) is 3.83. The maximum absolute atomic E-state index is 10.9. The molecule has 2 rings (SSSR count). The summed E-state index contributed by atoms with van der Waals surface area (Å²) in [6, 6.07) is 7.77. The smallest absolute Gasteiger partial charge is 0.342 e. The van der Waals surface area contributed by atoms with Crippen LogP contribution in [-0.2, 0) is 0 Å². The second-order valence-electron chi connectivity index (χ2n) is 8.50. The third-order valence-corrected chi connectivity index (χ3v) is 3.83. The lowest BCUT2D eigenvalue weighted by Gasteiger charge is -2.18. The van der Waals surface area contributed by atoms with Crippen LogP contribution in [0.3, 0.4) is 0 Å². The first-order valence-electron chi connectivity index (χ1n) is 9.85. The van der Waals surface area contributed by atoms with E-state index in [0.29, 0.717) is 5.75 Å². The quantitative estimate of drug-likeness (QED) is 0.200. The van der Waals surface area contributed by atoms with Gasteiger partial charge in [0.2, 0.25) is 0 Å². The minimum absolute atomic E-state index is 0.00625. The predicted molar refractivity (Wildman–Crippen MR) is 121 cm³/mol. The molecule has 0 radical (unpaired) electrons. The Morgan fingerprint density at radius 1 is 0.882 bits per heavy atom. The van der Waals surface area contributed by atoms with Crippen molar-refractivity contribution in [1.29, 1.82) is 0 Å². The number of aliphatic hydroxyl groups is 2. The van der Waals surface area contributed by atoms with Crippen LogP contribution in [0.2, 0.25) is 0 Å². The van der Waals surface area contributed by atoms with Gasteiger partial charge in [-0.15, -0.1) is 0 Å². The SMILES string of the molecule is CC(C)(O)COc1ccc(N)c(C(=O)O)c1.CC(C)(O)COc1ccc([N+](=O)[O-])c(C(=O)O)c1. The first-order valence-corrected chi connectivity index (χ1v) is 9.85. The molecule has 2 aromatic carbocycles. The van der Waals surface area contributed by atoms with E-state index in [1.165, 1.54) is 32.0 Å². The molecule has 0 amide bonds. The highest BCUT2D eigenvalue weighted by molar-refractivity contribution is 5.94. The lowest BCUT2D eigenvalue weighted by molar-refractivity contribution is -0.385. The van der Waals surface area contributed by atoms with Crippen molar-refractivity contribution in [3.05, 3.63) is 57.6 Å². The number of nitrogens with two attached hydrogens (primary N) is 1. The van der Waals surface area contributed by atoms with E-state index in [2.05, 4.69) is 0 Å². The number of hydrogen-bond donors (Lipinski definition) is 5. The molecular formula is C22H28N2O10. The number of nitro benzene ring substituents is 1. The molecule has 0 heterocycles. The van der Waals surface area contributed by atoms with Crippen LogP contribution in [0, 0.1) is 10.1 Å². The highest BCUT2D eigenvalue weighted by Gasteiger charge is 2.21. The van der Waals surface area contributed by atoms with Crippen molar-refractivity contribution in [2.75, 3.05) is 18.9 Å². The first kappa shape index (κ1) is 28.1. The number of benzene rings is 2. The Labute approximate surface area is 195 Å². The molecular weight excluding hydrogens is 452 g/mol. The fourth-order valence-corrected chi connectivity index (χ4v) is 2.27. The highest BCUT2D eigenvalue weighted by Crippen LogP contribution is 2.25. The Bertz CT molecular complexity index is 1040. The monoisotopic (exact) mass is 480 g/mol. The van der Waals surface area contributed by atoms with Crippen molar-refractivity contribution in [2.24, 2.45) is 0 Å². The van der Waals surface area contributed by atoms with Crippen LogP contribution in [0.15, 0.2) is 36.4 Å². The Balaban J connectivity index is 0.000000342. The van der Waals surface area contributed by atoms with Gasteiger partial charge in [-0.25, -0.2) is 9.59 Å². The fraction of sp³-hybridized carbons (Fsp3) is 0.364. The molecule has 34 heavy (non-hydrogen) atoms. The zero-order valence-corrected chi connectivity index (χ0v) is 19.1. The molecule has 0 aliphatic carbocycles. The molecule has 12 nitrogen and oxygen atoms in total. The molecule has 0 unspecified atom stereocenters. The largest absolute Gasteiger partial charge is 0.491 e. The summed E-state index contributed by atoms with van der Waals surface area (Å²) in [5, 5.41) is 47.2. The van der Waals surface area contributed by atoms with Gasteiger partial charge in [-0.3, -0.25) is 10.1 Å². The van der Waals surface area contributed by atoms with E-state index in [4.69, 9.17) is 25.4 Å². The van der Waals surface area contributed by atoms with Crippen LogP contribution in [0.25, 0.3) is 0 Å². The van der Waals surface area contributed by atoms with Gasteiger partial charge in [-0.2, -0.15) is 0 Å². The number of anilines is 1. The maximum atomic E-state index is 10.9. The Kier molecular flexibility index (Phi) is 9.35. The summed E-state index contributed by atoms with van der Waals surface area (Å²) < 4.78 is 10.4. The van der Waals surface area contributed by atoms with Crippen molar-refractivity contribution in [3.63, 3.8) is 0 Å². The number of aromatic carboxylic acids is 2. The molecule has 0 bridgehead atoms. The molecule has 12 heteroatoms. The molecule has 0 aliphatic heterocycles. The van der Waals surface area contributed by atoms with Gasteiger partial charge in [0.1, 0.15) is 30.3 Å². The van der Waals surface area contributed by atoms with Crippen LogP contribution >= 0.6 is 0 Å². The number of carboxylic acids is 2. The molecule has 0 saturated heterocycles. The van der Waals surface area contributed by atoms with Crippen molar-refractivity contribution >= 4 is 23.3 Å². The van der Waals surface area contributed by atoms with E-state index in [9.17, 15) is 29.9 Å².